The van der Waals surface area contributed by atoms with E-state index in [2.05, 4.69) is 30.9 Å². The van der Waals surface area contributed by atoms with Gasteiger partial charge in [-0.2, -0.15) is 22.3 Å². The van der Waals surface area contributed by atoms with Gasteiger partial charge in [0, 0.05) is 11.5 Å². The lowest BCUT2D eigenvalue weighted by Crippen LogP contribution is -2.06. The van der Waals surface area contributed by atoms with Gasteiger partial charge in [0.25, 0.3) is 0 Å². The molecule has 0 amide bonds. The summed E-state index contributed by atoms with van der Waals surface area (Å²) in [5.41, 5.74) is 6.73. The van der Waals surface area contributed by atoms with Crippen LogP contribution >= 0.6 is 11.8 Å². The summed E-state index contributed by atoms with van der Waals surface area (Å²) in [4.78, 5) is 0. The van der Waals surface area contributed by atoms with E-state index < -0.39 is 0 Å². The molecule has 0 atom stereocenters. The second-order valence-corrected chi connectivity index (χ2v) is 6.77. The van der Waals surface area contributed by atoms with Gasteiger partial charge in [0.05, 0.1) is 23.3 Å². The number of hydrogen-bond acceptors (Lipinski definition) is 3. The molecular weight excluding hydrogens is 324 g/mol. The highest BCUT2D eigenvalue weighted by molar-refractivity contribution is 7.99. The lowest BCUT2D eigenvalue weighted by atomic mass is 9.96. The molecule has 3 rings (SSSR count). The van der Waals surface area contributed by atoms with Crippen molar-refractivity contribution >= 4 is 23.9 Å². The Balaban J connectivity index is 1.90. The Morgan fingerprint density at radius 1 is 0.840 bits per heavy atom. The summed E-state index contributed by atoms with van der Waals surface area (Å²) in [6.07, 6.45) is 4.21. The highest BCUT2D eigenvalue weighted by Crippen LogP contribution is 2.33. The van der Waals surface area contributed by atoms with Gasteiger partial charge >= 0.3 is 0 Å². The number of allylic oxidation sites excluding steroid dienone is 1. The Hall–Kier alpha value is -3.01. The van der Waals surface area contributed by atoms with Gasteiger partial charge in [0.2, 0.25) is 0 Å². The molecule has 1 aliphatic rings. The maximum Gasteiger partial charge on any atom is 0.0991 e. The first kappa shape index (κ1) is 16.8. The van der Waals surface area contributed by atoms with Crippen molar-refractivity contribution in [1.82, 2.24) is 0 Å². The van der Waals surface area contributed by atoms with E-state index in [4.69, 9.17) is 10.5 Å². The third-order valence-corrected chi connectivity index (χ3v) is 5.03. The third kappa shape index (κ3) is 4.10. The molecule has 2 nitrogen and oxygen atoms in total. The van der Waals surface area contributed by atoms with Crippen LogP contribution < -0.4 is 0 Å². The molecule has 120 valence electrons. The van der Waals surface area contributed by atoms with Gasteiger partial charge in [-0.15, -0.1) is 0 Å². The summed E-state index contributed by atoms with van der Waals surface area (Å²) >= 11 is 1.85. The van der Waals surface area contributed by atoms with Crippen molar-refractivity contribution in [3.05, 3.63) is 94.1 Å². The minimum Gasteiger partial charge on any atom is -0.192 e. The van der Waals surface area contributed by atoms with Gasteiger partial charge in [-0.05, 0) is 52.1 Å². The fourth-order valence-electron chi connectivity index (χ4n) is 2.71. The molecule has 0 aliphatic carbocycles. The lowest BCUT2D eigenvalue weighted by Gasteiger charge is -2.21. The summed E-state index contributed by atoms with van der Waals surface area (Å²) < 4.78 is 0. The first-order chi connectivity index (χ1) is 12.2. The predicted octanol–water partition coefficient (Wildman–Crippen LogP) is 5.20. The molecule has 3 heteroatoms. The summed E-state index contributed by atoms with van der Waals surface area (Å²) in [6, 6.07) is 19.5. The molecule has 0 N–H and O–H groups in total. The van der Waals surface area contributed by atoms with Gasteiger partial charge in [-0.25, -0.2) is 0 Å². The largest absolute Gasteiger partial charge is 0.192 e. The normalized spacial score (nSPS) is 17.3. The number of nitriles is 2. The molecule has 0 radical (unpaired) electrons. The summed E-state index contributed by atoms with van der Waals surface area (Å²) in [7, 11) is 0. The van der Waals surface area contributed by atoms with Gasteiger partial charge in [0.1, 0.15) is 0 Å². The van der Waals surface area contributed by atoms with E-state index >= 15 is 0 Å². The molecule has 2 aromatic carbocycles. The van der Waals surface area contributed by atoms with Crippen molar-refractivity contribution in [1.29, 1.82) is 10.5 Å². The van der Waals surface area contributed by atoms with Gasteiger partial charge in [-0.1, -0.05) is 43.0 Å². The highest BCUT2D eigenvalue weighted by Gasteiger charge is 2.15. The Morgan fingerprint density at radius 2 is 1.32 bits per heavy atom. The molecule has 0 spiro atoms. The van der Waals surface area contributed by atoms with Crippen molar-refractivity contribution in [3.63, 3.8) is 0 Å². The van der Waals surface area contributed by atoms with Crippen LogP contribution in [0.4, 0.5) is 0 Å². The minimum atomic E-state index is 0.660. The summed E-state index contributed by atoms with van der Waals surface area (Å²) in [5, 5.41) is 18.1. The standard InChI is InChI=1S/C22H16N2S/c1-16-21(10-17-4-2-6-19(8-17)12-23)14-25-15-22(16)11-18-5-3-7-20(9-18)13-24/h2-11H,1,14-15H2/b21-10+,22-11+. The van der Waals surface area contributed by atoms with Crippen LogP contribution in [0.25, 0.3) is 12.2 Å². The van der Waals surface area contributed by atoms with Crippen LogP contribution in [-0.4, -0.2) is 11.5 Å². The predicted molar refractivity (Wildman–Crippen MR) is 105 cm³/mol. The molecule has 1 saturated heterocycles. The van der Waals surface area contributed by atoms with Crippen LogP contribution in [0.5, 0.6) is 0 Å². The van der Waals surface area contributed by atoms with Crippen LogP contribution in [0.2, 0.25) is 0 Å². The Kier molecular flexibility index (Phi) is 5.19. The molecule has 1 fully saturated rings. The number of thioether (sulfide) groups is 1. The van der Waals surface area contributed by atoms with E-state index in [1.165, 1.54) is 11.1 Å². The van der Waals surface area contributed by atoms with E-state index in [1.807, 2.05) is 48.2 Å². The first-order valence-corrected chi connectivity index (χ1v) is 9.04. The van der Waals surface area contributed by atoms with Crippen molar-refractivity contribution in [2.75, 3.05) is 11.5 Å². The average Bonchev–Trinajstić information content (AvgIpc) is 2.65. The van der Waals surface area contributed by atoms with Crippen LogP contribution in [-0.2, 0) is 0 Å². The third-order valence-electron chi connectivity index (χ3n) is 4.00. The van der Waals surface area contributed by atoms with Crippen LogP contribution in [0, 0.1) is 22.7 Å². The van der Waals surface area contributed by atoms with Crippen molar-refractivity contribution in [3.8, 4) is 12.1 Å². The topological polar surface area (TPSA) is 47.6 Å². The summed E-state index contributed by atoms with van der Waals surface area (Å²) in [6.45, 7) is 4.27. The quantitative estimate of drug-likeness (QED) is 0.755. The number of nitrogens with zero attached hydrogens (tertiary/aromatic N) is 2. The zero-order valence-corrected chi connectivity index (χ0v) is 14.5. The first-order valence-electron chi connectivity index (χ1n) is 7.88. The maximum atomic E-state index is 9.04. The number of benzene rings is 2. The van der Waals surface area contributed by atoms with Crippen molar-refractivity contribution in [2.24, 2.45) is 0 Å². The molecule has 0 unspecified atom stereocenters. The molecule has 0 aromatic heterocycles. The fourth-order valence-corrected chi connectivity index (χ4v) is 3.76. The summed E-state index contributed by atoms with van der Waals surface area (Å²) in [5.74, 6) is 1.82. The smallest absolute Gasteiger partial charge is 0.0991 e. The van der Waals surface area contributed by atoms with Crippen LogP contribution in [0.3, 0.4) is 0 Å². The average molecular weight is 340 g/mol. The van der Waals surface area contributed by atoms with E-state index in [-0.39, 0.29) is 0 Å². The van der Waals surface area contributed by atoms with Crippen molar-refractivity contribution in [2.45, 2.75) is 0 Å². The Labute approximate surface area is 152 Å². The number of rotatable bonds is 2. The molecule has 0 bridgehead atoms. The molecular formula is C22H16N2S. The van der Waals surface area contributed by atoms with Crippen molar-refractivity contribution < 1.29 is 0 Å². The fraction of sp³-hybridized carbons (Fsp3) is 0.0909. The van der Waals surface area contributed by atoms with E-state index in [0.29, 0.717) is 11.1 Å². The zero-order valence-electron chi connectivity index (χ0n) is 13.7. The van der Waals surface area contributed by atoms with Gasteiger partial charge < -0.3 is 0 Å². The molecule has 25 heavy (non-hydrogen) atoms. The number of hydrogen-bond donors (Lipinski definition) is 0. The van der Waals surface area contributed by atoms with Crippen LogP contribution in [0.15, 0.2) is 71.8 Å². The second-order valence-electron chi connectivity index (χ2n) is 5.79. The molecule has 0 saturated carbocycles. The van der Waals surface area contributed by atoms with E-state index in [9.17, 15) is 0 Å². The molecule has 2 aromatic rings. The SMILES string of the molecule is C=C1/C(=C/c2cccc(C#N)c2)CSC/C1=C\c1cccc(C#N)c1. The Morgan fingerprint density at radius 3 is 1.76 bits per heavy atom. The molecule has 1 heterocycles. The minimum absolute atomic E-state index is 0.660. The van der Waals surface area contributed by atoms with E-state index in [1.54, 1.807) is 12.1 Å². The van der Waals surface area contributed by atoms with Gasteiger partial charge in [-0.3, -0.25) is 0 Å². The van der Waals surface area contributed by atoms with Gasteiger partial charge in [0.15, 0.2) is 0 Å². The molecule has 1 aliphatic heterocycles. The van der Waals surface area contributed by atoms with E-state index in [0.717, 1.165) is 28.2 Å². The Bertz CT molecular complexity index is 891. The highest BCUT2D eigenvalue weighted by atomic mass is 32.2. The van der Waals surface area contributed by atoms with Crippen LogP contribution in [0.1, 0.15) is 22.3 Å². The lowest BCUT2D eigenvalue weighted by molar-refractivity contribution is 1.34. The zero-order chi connectivity index (χ0) is 17.6. The maximum absolute atomic E-state index is 9.04. The second kappa shape index (κ2) is 7.71. The monoisotopic (exact) mass is 340 g/mol.